The van der Waals surface area contributed by atoms with E-state index in [2.05, 4.69) is 11.8 Å². The van der Waals surface area contributed by atoms with Crippen LogP contribution < -0.4 is 4.90 Å². The first-order valence-corrected chi connectivity index (χ1v) is 10.6. The molecule has 0 aliphatic rings. The largest absolute Gasteiger partial charge is 0.417 e. The van der Waals surface area contributed by atoms with E-state index in [9.17, 15) is 18.0 Å². The highest BCUT2D eigenvalue weighted by atomic mass is 19.4. The van der Waals surface area contributed by atoms with Crippen molar-refractivity contribution >= 4 is 11.6 Å². The van der Waals surface area contributed by atoms with Crippen LogP contribution in [0.3, 0.4) is 0 Å². The average Bonchev–Trinajstić information content (AvgIpc) is 2.87. The molecular formula is C29H20F3NO. The summed E-state index contributed by atoms with van der Waals surface area (Å²) in [5.41, 5.74) is 1.19. The number of hydrogen-bond donors (Lipinski definition) is 0. The maximum atomic E-state index is 13.7. The van der Waals surface area contributed by atoms with Crippen LogP contribution in [0.25, 0.3) is 0 Å². The van der Waals surface area contributed by atoms with Crippen molar-refractivity contribution in [2.75, 3.05) is 4.90 Å². The number of amides is 1. The third-order valence-corrected chi connectivity index (χ3v) is 5.20. The Hall–Kier alpha value is -4.30. The fourth-order valence-electron chi connectivity index (χ4n) is 3.57. The normalized spacial score (nSPS) is 10.8. The van der Waals surface area contributed by atoms with Crippen LogP contribution in [0.4, 0.5) is 18.9 Å². The number of anilines is 1. The van der Waals surface area contributed by atoms with Gasteiger partial charge in [0.25, 0.3) is 5.91 Å². The van der Waals surface area contributed by atoms with Crippen molar-refractivity contribution in [3.8, 4) is 11.8 Å². The number of para-hydroxylation sites is 1. The van der Waals surface area contributed by atoms with E-state index in [0.29, 0.717) is 11.3 Å². The third-order valence-electron chi connectivity index (χ3n) is 5.20. The first-order valence-electron chi connectivity index (χ1n) is 10.6. The number of halogens is 3. The summed E-state index contributed by atoms with van der Waals surface area (Å²) in [6.07, 6.45) is -4.66. The van der Waals surface area contributed by atoms with E-state index in [4.69, 9.17) is 0 Å². The van der Waals surface area contributed by atoms with Gasteiger partial charge in [-0.2, -0.15) is 13.2 Å². The predicted octanol–water partition coefficient (Wildman–Crippen LogP) is 6.95. The quantitative estimate of drug-likeness (QED) is 0.305. The highest BCUT2D eigenvalue weighted by molar-refractivity contribution is 6.07. The van der Waals surface area contributed by atoms with Crippen LogP contribution in [0.15, 0.2) is 109 Å². The molecule has 4 aromatic carbocycles. The molecule has 2 nitrogen and oxygen atoms in total. The first kappa shape index (κ1) is 22.9. The molecule has 0 unspecified atom stereocenters. The molecule has 0 aromatic heterocycles. The third kappa shape index (κ3) is 5.36. The molecule has 168 valence electrons. The molecule has 4 rings (SSSR count). The Morgan fingerprint density at radius 1 is 0.706 bits per heavy atom. The second-order valence-electron chi connectivity index (χ2n) is 7.55. The zero-order valence-corrected chi connectivity index (χ0v) is 18.1. The maximum Gasteiger partial charge on any atom is 0.417 e. The number of benzene rings is 4. The second kappa shape index (κ2) is 10.1. The monoisotopic (exact) mass is 455 g/mol. The Morgan fingerprint density at radius 3 is 2.00 bits per heavy atom. The molecular weight excluding hydrogens is 435 g/mol. The number of alkyl halides is 3. The van der Waals surface area contributed by atoms with Crippen LogP contribution in [0.5, 0.6) is 0 Å². The molecule has 0 radical (unpaired) electrons. The Bertz CT molecular complexity index is 1340. The summed E-state index contributed by atoms with van der Waals surface area (Å²) in [4.78, 5) is 15.0. The summed E-state index contributed by atoms with van der Waals surface area (Å²) in [6, 6.07) is 30.3. The molecule has 0 aliphatic heterocycles. The summed E-state index contributed by atoms with van der Waals surface area (Å²) in [5.74, 6) is 5.40. The van der Waals surface area contributed by atoms with Gasteiger partial charge in [-0.3, -0.25) is 4.79 Å². The molecule has 0 fully saturated rings. The number of hydrogen-bond acceptors (Lipinski definition) is 1. The fourth-order valence-corrected chi connectivity index (χ4v) is 3.57. The van der Waals surface area contributed by atoms with Crippen LogP contribution in [0.2, 0.25) is 0 Å². The SMILES string of the molecule is O=C(c1ccccc1C(F)(F)F)N(Cc1ccccc1)c1ccccc1C#Cc1ccccc1. The van der Waals surface area contributed by atoms with Gasteiger partial charge in [-0.25, -0.2) is 0 Å². The average molecular weight is 455 g/mol. The highest BCUT2D eigenvalue weighted by Gasteiger charge is 2.36. The van der Waals surface area contributed by atoms with Gasteiger partial charge in [0.15, 0.2) is 0 Å². The molecule has 1 amide bonds. The van der Waals surface area contributed by atoms with Gasteiger partial charge >= 0.3 is 6.18 Å². The molecule has 0 saturated heterocycles. The van der Waals surface area contributed by atoms with Crippen LogP contribution in [0.1, 0.15) is 32.6 Å². The van der Waals surface area contributed by atoms with Crippen molar-refractivity contribution in [2.24, 2.45) is 0 Å². The molecule has 0 aliphatic carbocycles. The van der Waals surface area contributed by atoms with Gasteiger partial charge in [0.1, 0.15) is 0 Å². The van der Waals surface area contributed by atoms with Gasteiger partial charge in [0.05, 0.1) is 23.4 Å². The minimum Gasteiger partial charge on any atom is -0.303 e. The maximum absolute atomic E-state index is 13.7. The van der Waals surface area contributed by atoms with E-state index in [-0.39, 0.29) is 6.54 Å². The molecule has 0 atom stereocenters. The molecule has 4 aromatic rings. The lowest BCUT2D eigenvalue weighted by molar-refractivity contribution is -0.137. The Balaban J connectivity index is 1.82. The zero-order valence-electron chi connectivity index (χ0n) is 18.1. The van der Waals surface area contributed by atoms with Crippen LogP contribution in [0, 0.1) is 11.8 Å². The lowest BCUT2D eigenvalue weighted by atomic mass is 10.0. The van der Waals surface area contributed by atoms with Crippen molar-refractivity contribution in [3.63, 3.8) is 0 Å². The molecule has 0 heterocycles. The van der Waals surface area contributed by atoms with E-state index in [0.717, 1.165) is 17.2 Å². The highest BCUT2D eigenvalue weighted by Crippen LogP contribution is 2.34. The van der Waals surface area contributed by atoms with Gasteiger partial charge in [0.2, 0.25) is 0 Å². The van der Waals surface area contributed by atoms with E-state index in [1.54, 1.807) is 24.3 Å². The smallest absolute Gasteiger partial charge is 0.303 e. The van der Waals surface area contributed by atoms with Gasteiger partial charge < -0.3 is 4.90 Å². The van der Waals surface area contributed by atoms with E-state index < -0.39 is 23.2 Å². The van der Waals surface area contributed by atoms with Crippen molar-refractivity contribution in [2.45, 2.75) is 12.7 Å². The summed E-state index contributed by atoms with van der Waals surface area (Å²) >= 11 is 0. The van der Waals surface area contributed by atoms with Crippen LogP contribution in [-0.2, 0) is 12.7 Å². The van der Waals surface area contributed by atoms with Crippen molar-refractivity contribution < 1.29 is 18.0 Å². The molecule has 0 bridgehead atoms. The van der Waals surface area contributed by atoms with Crippen molar-refractivity contribution in [1.29, 1.82) is 0 Å². The summed E-state index contributed by atoms with van der Waals surface area (Å²) in [7, 11) is 0. The molecule has 5 heteroatoms. The number of carbonyl (C=O) groups is 1. The summed E-state index contributed by atoms with van der Waals surface area (Å²) in [5, 5.41) is 0. The van der Waals surface area contributed by atoms with E-state index in [1.807, 2.05) is 60.7 Å². The lowest BCUT2D eigenvalue weighted by Gasteiger charge is -2.26. The topological polar surface area (TPSA) is 20.3 Å². The standard InChI is InChI=1S/C29H20F3NO/c30-29(31,32)26-17-9-8-16-25(26)28(34)33(21-23-13-5-2-6-14-23)27-18-10-7-15-24(27)20-19-22-11-3-1-4-12-22/h1-18H,21H2. The Labute approximate surface area is 196 Å². The van der Waals surface area contributed by atoms with Gasteiger partial charge in [-0.1, -0.05) is 84.6 Å². The molecule has 34 heavy (non-hydrogen) atoms. The second-order valence-corrected chi connectivity index (χ2v) is 7.55. The first-order chi connectivity index (χ1) is 16.4. The van der Waals surface area contributed by atoms with E-state index in [1.165, 1.54) is 23.1 Å². The van der Waals surface area contributed by atoms with Gasteiger partial charge in [0, 0.05) is 11.1 Å². The Kier molecular flexibility index (Phi) is 6.79. The van der Waals surface area contributed by atoms with Crippen molar-refractivity contribution in [3.05, 3.63) is 137 Å². The predicted molar refractivity (Wildman–Crippen MR) is 127 cm³/mol. The van der Waals surface area contributed by atoms with Crippen LogP contribution >= 0.6 is 0 Å². The van der Waals surface area contributed by atoms with Crippen molar-refractivity contribution in [1.82, 2.24) is 0 Å². The number of rotatable bonds is 4. The lowest BCUT2D eigenvalue weighted by Crippen LogP contribution is -2.32. The zero-order chi connectivity index (χ0) is 24.0. The summed E-state index contributed by atoms with van der Waals surface area (Å²) in [6.45, 7) is 0.0931. The number of carbonyl (C=O) groups excluding carboxylic acids is 1. The molecule has 0 saturated carbocycles. The van der Waals surface area contributed by atoms with Gasteiger partial charge in [-0.05, 0) is 42.0 Å². The van der Waals surface area contributed by atoms with E-state index >= 15 is 0 Å². The molecule has 0 N–H and O–H groups in total. The number of nitrogens with zero attached hydrogens (tertiary/aromatic N) is 1. The minimum atomic E-state index is -4.66. The minimum absolute atomic E-state index is 0.0931. The Morgan fingerprint density at radius 2 is 1.29 bits per heavy atom. The fraction of sp³-hybridized carbons (Fsp3) is 0.0690. The summed E-state index contributed by atoms with van der Waals surface area (Å²) < 4.78 is 41.1. The van der Waals surface area contributed by atoms with Crippen LogP contribution in [-0.4, -0.2) is 5.91 Å². The van der Waals surface area contributed by atoms with Gasteiger partial charge in [-0.15, -0.1) is 0 Å². The molecule has 0 spiro atoms.